The molecule has 0 saturated carbocycles. The van der Waals surface area contributed by atoms with E-state index in [2.05, 4.69) is 5.32 Å². The largest absolute Gasteiger partial charge is 0.465 e. The van der Waals surface area contributed by atoms with Crippen molar-refractivity contribution >= 4 is 12.0 Å². The zero-order valence-corrected chi connectivity index (χ0v) is 8.06. The van der Waals surface area contributed by atoms with Crippen LogP contribution in [0.4, 0.5) is 4.79 Å². The first-order valence-electron chi connectivity index (χ1n) is 4.46. The second-order valence-electron chi connectivity index (χ2n) is 2.92. The predicted molar refractivity (Wildman–Crippen MR) is 54.3 cm³/mol. The molecule has 1 aromatic rings. The van der Waals surface area contributed by atoms with E-state index in [1.807, 2.05) is 35.6 Å². The fraction of sp³-hybridized carbons (Fsp3) is 0.200. The number of rotatable bonds is 4. The van der Waals surface area contributed by atoms with Crippen LogP contribution in [0.3, 0.4) is 0 Å². The molecule has 0 bridgehead atoms. The normalized spacial score (nSPS) is 9.33. The van der Waals surface area contributed by atoms with E-state index in [4.69, 9.17) is 5.11 Å². The van der Waals surface area contributed by atoms with Gasteiger partial charge in [0.15, 0.2) is 0 Å². The molecule has 1 rings (SSSR count). The minimum Gasteiger partial charge on any atom is -0.465 e. The molecular formula is C10H12N2O3. The van der Waals surface area contributed by atoms with Gasteiger partial charge < -0.3 is 15.7 Å². The molecule has 0 spiro atoms. The van der Waals surface area contributed by atoms with Crippen molar-refractivity contribution < 1.29 is 14.7 Å². The minimum atomic E-state index is -1.20. The fourth-order valence-electron chi connectivity index (χ4n) is 1.01. The van der Waals surface area contributed by atoms with Crippen LogP contribution < -0.4 is 10.6 Å². The van der Waals surface area contributed by atoms with E-state index < -0.39 is 6.09 Å². The summed E-state index contributed by atoms with van der Waals surface area (Å²) in [5.41, 5.74) is 0.973. The molecule has 3 N–H and O–H groups in total. The number of benzene rings is 1. The van der Waals surface area contributed by atoms with Crippen molar-refractivity contribution in [3.63, 3.8) is 0 Å². The van der Waals surface area contributed by atoms with Crippen LogP contribution in [0.15, 0.2) is 30.3 Å². The van der Waals surface area contributed by atoms with E-state index in [0.717, 1.165) is 5.56 Å². The van der Waals surface area contributed by atoms with Gasteiger partial charge in [0.05, 0.1) is 6.54 Å². The van der Waals surface area contributed by atoms with Crippen LogP contribution in [0.2, 0.25) is 0 Å². The first-order chi connectivity index (χ1) is 7.18. The third kappa shape index (κ3) is 4.66. The SMILES string of the molecule is O=C(O)NCC(=O)NCc1ccccc1. The summed E-state index contributed by atoms with van der Waals surface area (Å²) in [6, 6.07) is 9.39. The number of carbonyl (C=O) groups is 2. The minimum absolute atomic E-state index is 0.220. The third-order valence-electron chi connectivity index (χ3n) is 1.73. The summed E-state index contributed by atoms with van der Waals surface area (Å²) in [6.45, 7) is 0.184. The maximum atomic E-state index is 11.1. The summed E-state index contributed by atoms with van der Waals surface area (Å²) in [5, 5.41) is 12.8. The molecule has 1 aromatic carbocycles. The Morgan fingerprint density at radius 3 is 2.40 bits per heavy atom. The number of amides is 2. The topological polar surface area (TPSA) is 78.4 Å². The summed E-state index contributed by atoms with van der Waals surface area (Å²) < 4.78 is 0. The molecule has 0 atom stereocenters. The van der Waals surface area contributed by atoms with Crippen molar-refractivity contribution in [2.24, 2.45) is 0 Å². The highest BCUT2D eigenvalue weighted by Gasteiger charge is 2.02. The van der Waals surface area contributed by atoms with Crippen LogP contribution in [-0.2, 0) is 11.3 Å². The molecule has 0 aliphatic carbocycles. The van der Waals surface area contributed by atoms with Gasteiger partial charge in [0.2, 0.25) is 5.91 Å². The van der Waals surface area contributed by atoms with E-state index in [-0.39, 0.29) is 12.5 Å². The second kappa shape index (κ2) is 5.64. The van der Waals surface area contributed by atoms with Crippen molar-refractivity contribution in [1.82, 2.24) is 10.6 Å². The van der Waals surface area contributed by atoms with Gasteiger partial charge in [0, 0.05) is 6.54 Å². The van der Waals surface area contributed by atoms with Gasteiger partial charge in [-0.2, -0.15) is 0 Å². The van der Waals surface area contributed by atoms with Gasteiger partial charge in [0.25, 0.3) is 0 Å². The van der Waals surface area contributed by atoms with E-state index in [0.29, 0.717) is 6.54 Å². The molecular weight excluding hydrogens is 196 g/mol. The molecule has 15 heavy (non-hydrogen) atoms. The standard InChI is InChI=1S/C10H12N2O3/c13-9(7-12-10(14)15)11-6-8-4-2-1-3-5-8/h1-5,12H,6-7H2,(H,11,13)(H,14,15). The van der Waals surface area contributed by atoms with Gasteiger partial charge >= 0.3 is 6.09 Å². The monoisotopic (exact) mass is 208 g/mol. The molecule has 0 aliphatic heterocycles. The smallest absolute Gasteiger partial charge is 0.405 e. The average molecular weight is 208 g/mol. The number of hydrogen-bond donors (Lipinski definition) is 3. The zero-order valence-electron chi connectivity index (χ0n) is 8.06. The summed E-state index contributed by atoms with van der Waals surface area (Å²) >= 11 is 0. The van der Waals surface area contributed by atoms with Crippen LogP contribution in [0, 0.1) is 0 Å². The van der Waals surface area contributed by atoms with Crippen LogP contribution in [0.25, 0.3) is 0 Å². The molecule has 5 heteroatoms. The van der Waals surface area contributed by atoms with E-state index >= 15 is 0 Å². The molecule has 5 nitrogen and oxygen atoms in total. The highest BCUT2D eigenvalue weighted by molar-refractivity contribution is 5.81. The Morgan fingerprint density at radius 2 is 1.80 bits per heavy atom. The van der Waals surface area contributed by atoms with Crippen molar-refractivity contribution in [3.05, 3.63) is 35.9 Å². The Balaban J connectivity index is 2.26. The van der Waals surface area contributed by atoms with Gasteiger partial charge in [-0.3, -0.25) is 4.79 Å². The highest BCUT2D eigenvalue weighted by Crippen LogP contribution is 1.96. The maximum absolute atomic E-state index is 11.1. The van der Waals surface area contributed by atoms with Crippen molar-refractivity contribution in [2.75, 3.05) is 6.54 Å². The van der Waals surface area contributed by atoms with Crippen molar-refractivity contribution in [3.8, 4) is 0 Å². The summed E-state index contributed by atoms with van der Waals surface area (Å²) in [6.07, 6.45) is -1.20. The summed E-state index contributed by atoms with van der Waals surface area (Å²) in [5.74, 6) is -0.346. The first kappa shape index (κ1) is 11.0. The Morgan fingerprint density at radius 1 is 1.13 bits per heavy atom. The van der Waals surface area contributed by atoms with Crippen LogP contribution in [0.5, 0.6) is 0 Å². The van der Waals surface area contributed by atoms with Crippen LogP contribution in [0.1, 0.15) is 5.56 Å². The highest BCUT2D eigenvalue weighted by atomic mass is 16.4. The quantitative estimate of drug-likeness (QED) is 0.676. The molecule has 0 aliphatic rings. The molecule has 2 amide bonds. The number of carboxylic acid groups (broad SMARTS) is 1. The summed E-state index contributed by atoms with van der Waals surface area (Å²) in [7, 11) is 0. The van der Waals surface area contributed by atoms with Gasteiger partial charge in [-0.05, 0) is 5.56 Å². The Kier molecular flexibility index (Phi) is 4.15. The van der Waals surface area contributed by atoms with E-state index in [9.17, 15) is 9.59 Å². The van der Waals surface area contributed by atoms with Crippen molar-refractivity contribution in [2.45, 2.75) is 6.54 Å². The second-order valence-corrected chi connectivity index (χ2v) is 2.92. The third-order valence-corrected chi connectivity index (χ3v) is 1.73. The first-order valence-corrected chi connectivity index (χ1v) is 4.46. The van der Waals surface area contributed by atoms with E-state index in [1.54, 1.807) is 0 Å². The predicted octanol–water partition coefficient (Wildman–Crippen LogP) is 0.570. The maximum Gasteiger partial charge on any atom is 0.405 e. The average Bonchev–Trinajstić information content (AvgIpc) is 2.25. The number of nitrogens with one attached hydrogen (secondary N) is 2. The number of carbonyl (C=O) groups excluding carboxylic acids is 1. The lowest BCUT2D eigenvalue weighted by atomic mass is 10.2. The van der Waals surface area contributed by atoms with Gasteiger partial charge in [-0.25, -0.2) is 4.79 Å². The van der Waals surface area contributed by atoms with E-state index in [1.165, 1.54) is 0 Å². The lowest BCUT2D eigenvalue weighted by molar-refractivity contribution is -0.120. The summed E-state index contributed by atoms with van der Waals surface area (Å²) in [4.78, 5) is 21.2. The molecule has 0 radical (unpaired) electrons. The molecule has 0 aromatic heterocycles. The molecule has 0 fully saturated rings. The molecule has 0 unspecified atom stereocenters. The van der Waals surface area contributed by atoms with Crippen LogP contribution in [-0.4, -0.2) is 23.7 Å². The Bertz CT molecular complexity index is 338. The van der Waals surface area contributed by atoms with Gasteiger partial charge in [-0.15, -0.1) is 0 Å². The van der Waals surface area contributed by atoms with Gasteiger partial charge in [0.1, 0.15) is 0 Å². The fourth-order valence-corrected chi connectivity index (χ4v) is 1.01. The van der Waals surface area contributed by atoms with Crippen LogP contribution >= 0.6 is 0 Å². The molecule has 80 valence electrons. The zero-order chi connectivity index (χ0) is 11.1. The van der Waals surface area contributed by atoms with Gasteiger partial charge in [-0.1, -0.05) is 30.3 Å². The molecule has 0 saturated heterocycles. The Hall–Kier alpha value is -2.04. The Labute approximate surface area is 87.1 Å². The number of hydrogen-bond acceptors (Lipinski definition) is 2. The molecule has 0 heterocycles. The lowest BCUT2D eigenvalue weighted by Gasteiger charge is -2.04. The lowest BCUT2D eigenvalue weighted by Crippen LogP contribution is -2.35. The van der Waals surface area contributed by atoms with Crippen molar-refractivity contribution in [1.29, 1.82) is 0 Å².